The van der Waals surface area contributed by atoms with E-state index >= 15 is 0 Å². The summed E-state index contributed by atoms with van der Waals surface area (Å²) in [5.74, 6) is 0.259. The molecule has 0 N–H and O–H groups in total. The normalized spacial score (nSPS) is 14.0. The highest BCUT2D eigenvalue weighted by Gasteiger charge is 2.28. The van der Waals surface area contributed by atoms with Crippen molar-refractivity contribution in [2.75, 3.05) is 4.90 Å². The Hall–Kier alpha value is -8.67. The van der Waals surface area contributed by atoms with Crippen molar-refractivity contribution in [1.82, 2.24) is 19.5 Å². The summed E-state index contributed by atoms with van der Waals surface area (Å²) in [4.78, 5) is 17.4. The van der Waals surface area contributed by atoms with Gasteiger partial charge in [-0.05, 0) is 69.9 Å². The van der Waals surface area contributed by atoms with Gasteiger partial charge in [0.1, 0.15) is 0 Å². The molecule has 64 heavy (non-hydrogen) atoms. The number of nitrogens with zero attached hydrogens (tertiary/aromatic N) is 5. The number of anilines is 3. The molecular formula is C59H37N5. The molecule has 0 saturated heterocycles. The van der Waals surface area contributed by atoms with Gasteiger partial charge < -0.3 is 9.47 Å². The van der Waals surface area contributed by atoms with E-state index in [1.54, 1.807) is 0 Å². The first kappa shape index (κ1) is 28.0. The zero-order chi connectivity index (χ0) is 50.0. The summed E-state index contributed by atoms with van der Waals surface area (Å²) in [5, 5.41) is 6.42. The van der Waals surface area contributed by atoms with E-state index in [1.807, 2.05) is 97.1 Å². The van der Waals surface area contributed by atoms with Crippen LogP contribution in [0.1, 0.15) is 12.3 Å². The minimum absolute atomic E-state index is 0.147. The summed E-state index contributed by atoms with van der Waals surface area (Å²) in [7, 11) is 0. The van der Waals surface area contributed by atoms with Crippen molar-refractivity contribution >= 4 is 60.4 Å². The summed E-state index contributed by atoms with van der Waals surface area (Å²) in [5.41, 5.74) is 7.96. The second kappa shape index (κ2) is 14.5. The number of aromatic nitrogens is 4. The van der Waals surface area contributed by atoms with Crippen LogP contribution in [0, 0.1) is 0 Å². The summed E-state index contributed by atoms with van der Waals surface area (Å²) < 4.78 is 81.8. The monoisotopic (exact) mass is 824 g/mol. The van der Waals surface area contributed by atoms with E-state index in [0.717, 1.165) is 77.2 Å². The molecule has 0 unspecified atom stereocenters. The van der Waals surface area contributed by atoms with Crippen molar-refractivity contribution in [3.8, 4) is 62.1 Å². The standard InChI is InChI=1S/C59H37N5/c1-3-14-38(15-4-1)39-28-30-42(31-29-39)57-60-58(62-59(61-57)44-33-34-49-48-24-9-10-26-52(48)63(54(49)37-44)45-20-5-2-6-21-45)43-19-11-22-46(36-43)64-53-27-13-18-41-17-12-25-50(55(41)53)51-35-32-40-16-7-8-23-47(40)56(51)64/h1-37H/i1D,3D,4D,14D,15D,28D,29D,30D,31D. The van der Waals surface area contributed by atoms with Crippen molar-refractivity contribution in [1.29, 1.82) is 0 Å². The second-order valence-electron chi connectivity index (χ2n) is 15.7. The van der Waals surface area contributed by atoms with Gasteiger partial charge in [-0.3, -0.25) is 0 Å². The van der Waals surface area contributed by atoms with Crippen LogP contribution in [0.3, 0.4) is 0 Å². The molecule has 5 nitrogen and oxygen atoms in total. The molecule has 5 heteroatoms. The Labute approximate surface area is 382 Å². The van der Waals surface area contributed by atoms with Gasteiger partial charge in [0.2, 0.25) is 0 Å². The molecule has 1 aliphatic heterocycles. The lowest BCUT2D eigenvalue weighted by molar-refractivity contribution is 1.07. The average Bonchev–Trinajstić information content (AvgIpc) is 3.76. The first-order valence-electron chi connectivity index (χ1n) is 25.5. The van der Waals surface area contributed by atoms with Crippen LogP contribution in [-0.2, 0) is 0 Å². The summed E-state index contributed by atoms with van der Waals surface area (Å²) in [6.07, 6.45) is 0. The van der Waals surface area contributed by atoms with Gasteiger partial charge in [-0.25, -0.2) is 15.0 Å². The molecule has 1 aliphatic rings. The molecule has 0 bridgehead atoms. The molecule has 0 aliphatic carbocycles. The molecule has 2 aromatic heterocycles. The maximum absolute atomic E-state index is 9.46. The molecule has 0 fully saturated rings. The van der Waals surface area contributed by atoms with Gasteiger partial charge >= 0.3 is 0 Å². The van der Waals surface area contributed by atoms with Gasteiger partial charge in [0, 0.05) is 55.2 Å². The summed E-state index contributed by atoms with van der Waals surface area (Å²) >= 11 is 0. The predicted octanol–water partition coefficient (Wildman–Crippen LogP) is 15.4. The largest absolute Gasteiger partial charge is 0.309 e. The van der Waals surface area contributed by atoms with E-state index in [4.69, 9.17) is 21.8 Å². The molecule has 10 aromatic carbocycles. The van der Waals surface area contributed by atoms with Crippen LogP contribution in [-0.4, -0.2) is 19.5 Å². The van der Waals surface area contributed by atoms with E-state index in [9.17, 15) is 5.48 Å². The molecule has 0 saturated carbocycles. The smallest absolute Gasteiger partial charge is 0.164 e. The third-order valence-corrected chi connectivity index (χ3v) is 12.1. The molecule has 12 aromatic rings. The van der Waals surface area contributed by atoms with Crippen molar-refractivity contribution in [2.24, 2.45) is 0 Å². The Morgan fingerprint density at radius 1 is 0.375 bits per heavy atom. The highest BCUT2D eigenvalue weighted by molar-refractivity contribution is 6.19. The molecule has 0 radical (unpaired) electrons. The second-order valence-corrected chi connectivity index (χ2v) is 15.7. The van der Waals surface area contributed by atoms with Crippen LogP contribution in [0.25, 0.3) is 105 Å². The fraction of sp³-hybridized carbons (Fsp3) is 0. The molecule has 298 valence electrons. The van der Waals surface area contributed by atoms with Gasteiger partial charge in [0.15, 0.2) is 17.5 Å². The Kier molecular flexibility index (Phi) is 6.34. The molecule has 0 amide bonds. The summed E-state index contributed by atoms with van der Waals surface area (Å²) in [6, 6.07) is 51.8. The van der Waals surface area contributed by atoms with Crippen LogP contribution < -0.4 is 4.90 Å². The first-order chi connectivity index (χ1) is 35.5. The van der Waals surface area contributed by atoms with Crippen LogP contribution >= 0.6 is 0 Å². The number of rotatable bonds is 6. The lowest BCUT2D eigenvalue weighted by atomic mass is 9.88. The van der Waals surface area contributed by atoms with Crippen molar-refractivity contribution in [3.05, 3.63) is 224 Å². The highest BCUT2D eigenvalue weighted by Crippen LogP contribution is 2.53. The van der Waals surface area contributed by atoms with E-state index < -0.39 is 65.5 Å². The fourth-order valence-electron chi connectivity index (χ4n) is 9.25. The van der Waals surface area contributed by atoms with Gasteiger partial charge in [-0.2, -0.15) is 0 Å². The topological polar surface area (TPSA) is 46.8 Å². The van der Waals surface area contributed by atoms with Gasteiger partial charge in [-0.15, -0.1) is 0 Å². The minimum atomic E-state index is -0.656. The fourth-order valence-corrected chi connectivity index (χ4v) is 9.25. The number of fused-ring (bicyclic) bond motifs is 7. The average molecular weight is 825 g/mol. The quantitative estimate of drug-likeness (QED) is 0.168. The third-order valence-electron chi connectivity index (χ3n) is 12.1. The first-order valence-corrected chi connectivity index (χ1v) is 21.0. The Balaban J connectivity index is 1.06. The van der Waals surface area contributed by atoms with Gasteiger partial charge in [0.25, 0.3) is 0 Å². The maximum Gasteiger partial charge on any atom is 0.164 e. The Morgan fingerprint density at radius 3 is 1.83 bits per heavy atom. The number of benzene rings is 10. The van der Waals surface area contributed by atoms with E-state index in [2.05, 4.69) is 82.3 Å². The Bertz CT molecular complexity index is 4280. The maximum atomic E-state index is 9.46. The van der Waals surface area contributed by atoms with Gasteiger partial charge in [0.05, 0.1) is 34.7 Å². The zero-order valence-corrected chi connectivity index (χ0v) is 33.9. The minimum Gasteiger partial charge on any atom is -0.309 e. The van der Waals surface area contributed by atoms with Crippen LogP contribution in [0.2, 0.25) is 0 Å². The lowest BCUT2D eigenvalue weighted by Gasteiger charge is -2.34. The molecule has 3 heterocycles. The third kappa shape index (κ3) is 5.75. The number of para-hydroxylation sites is 2. The van der Waals surface area contributed by atoms with Crippen LogP contribution in [0.4, 0.5) is 17.1 Å². The van der Waals surface area contributed by atoms with E-state index in [1.165, 1.54) is 0 Å². The zero-order valence-electron chi connectivity index (χ0n) is 42.9. The van der Waals surface area contributed by atoms with Crippen LogP contribution in [0.15, 0.2) is 224 Å². The Morgan fingerprint density at radius 2 is 1.00 bits per heavy atom. The SMILES string of the molecule is [2H]c1c([2H])c([2H])c(-c2c([2H])c([2H])c(-c3nc(-c4cccc(N5c6c(ccc7ccccc67)-c6cccc7cccc5c67)c4)nc(-c4ccc5c6ccccc6n(-c6ccccc6)c5c4)n3)c([2H])c2[2H])c([2H])c1[2H]. The van der Waals surface area contributed by atoms with Crippen molar-refractivity contribution in [2.45, 2.75) is 0 Å². The van der Waals surface area contributed by atoms with Crippen molar-refractivity contribution < 1.29 is 12.3 Å². The lowest BCUT2D eigenvalue weighted by Crippen LogP contribution is -2.15. The van der Waals surface area contributed by atoms with Crippen molar-refractivity contribution in [3.63, 3.8) is 0 Å². The van der Waals surface area contributed by atoms with E-state index in [-0.39, 0.29) is 23.0 Å². The summed E-state index contributed by atoms with van der Waals surface area (Å²) in [6.45, 7) is 0. The van der Waals surface area contributed by atoms with Gasteiger partial charge in [-0.1, -0.05) is 182 Å². The molecule has 13 rings (SSSR count). The number of hydrogen-bond donors (Lipinski definition) is 0. The van der Waals surface area contributed by atoms with Crippen LogP contribution in [0.5, 0.6) is 0 Å². The van der Waals surface area contributed by atoms with E-state index in [0.29, 0.717) is 11.1 Å². The highest BCUT2D eigenvalue weighted by atomic mass is 15.2. The molecule has 0 spiro atoms. The molecular weight excluding hydrogens is 779 g/mol. The predicted molar refractivity (Wildman–Crippen MR) is 265 cm³/mol. The number of hydrogen-bond acceptors (Lipinski definition) is 4. The molecule has 0 atom stereocenters.